The van der Waals surface area contributed by atoms with E-state index in [4.69, 9.17) is 10.5 Å². The highest BCUT2D eigenvalue weighted by molar-refractivity contribution is 9.10. The number of amides is 2. The van der Waals surface area contributed by atoms with E-state index in [1.165, 1.54) is 35.6 Å². The number of carbonyl (C=O) groups is 4. The lowest BCUT2D eigenvalue weighted by Gasteiger charge is -2.16. The summed E-state index contributed by atoms with van der Waals surface area (Å²) >= 11 is 5.55. The Hall–Kier alpha value is -4.82. The number of ketones is 1. The van der Waals surface area contributed by atoms with Crippen LogP contribution < -0.4 is 10.6 Å². The van der Waals surface area contributed by atoms with E-state index < -0.39 is 29.6 Å². The van der Waals surface area contributed by atoms with Gasteiger partial charge in [0.05, 0.1) is 22.1 Å². The molecule has 13 heteroatoms. The smallest absolute Gasteiger partial charge is 0.338 e. The fourth-order valence-corrected chi connectivity index (χ4v) is 6.50. The third-order valence-corrected chi connectivity index (χ3v) is 8.99. The van der Waals surface area contributed by atoms with Crippen molar-refractivity contribution in [1.82, 2.24) is 4.98 Å². The summed E-state index contributed by atoms with van der Waals surface area (Å²) < 4.78 is 5.95. The summed E-state index contributed by atoms with van der Waals surface area (Å²) in [7, 11) is 0. The first-order chi connectivity index (χ1) is 20.7. The molecule has 0 aliphatic carbocycles. The molecule has 2 amide bonds. The van der Waals surface area contributed by atoms with Crippen LogP contribution in [0.4, 0.5) is 11.5 Å². The summed E-state index contributed by atoms with van der Waals surface area (Å²) in [5.41, 5.74) is 7.33. The van der Waals surface area contributed by atoms with Gasteiger partial charge in [0.2, 0.25) is 11.8 Å². The largest absolute Gasteiger partial charge is 0.454 e. The number of benzene rings is 2. The third kappa shape index (κ3) is 6.05. The van der Waals surface area contributed by atoms with Crippen LogP contribution in [-0.2, 0) is 14.3 Å². The molecule has 1 saturated heterocycles. The first kappa shape index (κ1) is 29.7. The number of rotatable bonds is 8. The van der Waals surface area contributed by atoms with Crippen molar-refractivity contribution >= 4 is 74.1 Å². The summed E-state index contributed by atoms with van der Waals surface area (Å²) in [4.78, 5) is 57.0. The van der Waals surface area contributed by atoms with E-state index in [9.17, 15) is 29.7 Å². The summed E-state index contributed by atoms with van der Waals surface area (Å²) in [5, 5.41) is 20.7. The van der Waals surface area contributed by atoms with E-state index in [2.05, 4.69) is 27.0 Å². The quantitative estimate of drug-likeness (QED) is 0.146. The molecule has 1 aliphatic rings. The minimum absolute atomic E-state index is 0.0649. The maximum absolute atomic E-state index is 13.4. The number of nitrogen functional groups attached to an aromatic ring is 1. The number of pyridine rings is 1. The van der Waals surface area contributed by atoms with Crippen molar-refractivity contribution in [2.45, 2.75) is 16.7 Å². The van der Waals surface area contributed by atoms with Gasteiger partial charge in [0.25, 0.3) is 0 Å². The Labute approximate surface area is 261 Å². The SMILES string of the molecule is N#Cc1c(N)nc(SC2CC(=O)N(c3ccc(C(=O)OCC(=O)c4ccc(Br)cc4)cc3)C2=O)c(C#N)c1-c1cccs1. The van der Waals surface area contributed by atoms with E-state index in [1.807, 2.05) is 6.07 Å². The van der Waals surface area contributed by atoms with Crippen LogP contribution in [0.25, 0.3) is 10.4 Å². The van der Waals surface area contributed by atoms with Gasteiger partial charge in [-0.15, -0.1) is 11.3 Å². The predicted molar refractivity (Wildman–Crippen MR) is 163 cm³/mol. The van der Waals surface area contributed by atoms with Crippen LogP contribution in [-0.4, -0.2) is 40.4 Å². The maximum atomic E-state index is 13.4. The molecule has 1 atom stereocenters. The van der Waals surface area contributed by atoms with Crippen LogP contribution in [0.5, 0.6) is 0 Å². The molecule has 1 aliphatic heterocycles. The van der Waals surface area contributed by atoms with Gasteiger partial charge in [-0.1, -0.05) is 45.9 Å². The number of nitrogens with two attached hydrogens (primary N) is 1. The molecule has 1 fully saturated rings. The number of anilines is 2. The lowest BCUT2D eigenvalue weighted by molar-refractivity contribution is -0.121. The standard InChI is InChI=1S/C30H18BrN5O5S2/c31-18-7-3-16(4-8-18)22(37)15-41-30(40)17-5-9-19(10-6-17)36-25(38)12-24(29(36)39)43-28-21(14-33)26(23-2-1-11-42-23)20(13-32)27(34)35-28/h1-11,24H,12,15H2,(H2,34,35). The van der Waals surface area contributed by atoms with Gasteiger partial charge in [0, 0.05) is 26.9 Å². The number of aromatic nitrogens is 1. The second kappa shape index (κ2) is 12.6. The molecule has 0 radical (unpaired) electrons. The maximum Gasteiger partial charge on any atom is 0.338 e. The fourth-order valence-electron chi connectivity index (χ4n) is 4.33. The van der Waals surface area contributed by atoms with Gasteiger partial charge in [-0.3, -0.25) is 14.4 Å². The molecular weight excluding hydrogens is 654 g/mol. The monoisotopic (exact) mass is 671 g/mol. The van der Waals surface area contributed by atoms with Gasteiger partial charge in [-0.25, -0.2) is 14.7 Å². The molecule has 2 N–H and O–H groups in total. The van der Waals surface area contributed by atoms with E-state index in [0.717, 1.165) is 21.1 Å². The normalized spacial score (nSPS) is 14.3. The van der Waals surface area contributed by atoms with E-state index in [0.29, 0.717) is 16.0 Å². The molecule has 212 valence electrons. The highest BCUT2D eigenvalue weighted by Crippen LogP contribution is 2.41. The zero-order valence-corrected chi connectivity index (χ0v) is 25.2. The molecule has 0 spiro atoms. The number of thiophene rings is 1. The predicted octanol–water partition coefficient (Wildman–Crippen LogP) is 5.36. The molecule has 10 nitrogen and oxygen atoms in total. The molecule has 43 heavy (non-hydrogen) atoms. The van der Waals surface area contributed by atoms with Crippen molar-refractivity contribution in [3.8, 4) is 22.6 Å². The summed E-state index contributed by atoms with van der Waals surface area (Å²) in [6.07, 6.45) is -0.160. The van der Waals surface area contributed by atoms with Crippen LogP contribution in [0.3, 0.4) is 0 Å². The van der Waals surface area contributed by atoms with Gasteiger partial charge >= 0.3 is 5.97 Å². The number of ether oxygens (including phenoxy) is 1. The molecule has 2 aromatic heterocycles. The minimum atomic E-state index is -0.898. The lowest BCUT2D eigenvalue weighted by Crippen LogP contribution is -2.31. The van der Waals surface area contributed by atoms with E-state index >= 15 is 0 Å². The van der Waals surface area contributed by atoms with Crippen LogP contribution >= 0.6 is 39.0 Å². The van der Waals surface area contributed by atoms with Crippen molar-refractivity contribution in [2.24, 2.45) is 0 Å². The number of nitrogens with zero attached hydrogens (tertiary/aromatic N) is 4. The van der Waals surface area contributed by atoms with E-state index in [-0.39, 0.29) is 45.4 Å². The average molecular weight is 673 g/mol. The summed E-state index contributed by atoms with van der Waals surface area (Å²) in [5.74, 6) is -2.19. The number of Topliss-reactive ketones (excluding diaryl/α,β-unsaturated/α-hetero) is 1. The number of esters is 1. The first-order valence-electron chi connectivity index (χ1n) is 12.5. The van der Waals surface area contributed by atoms with Crippen LogP contribution in [0.15, 0.2) is 75.5 Å². The Morgan fingerprint density at radius 2 is 1.72 bits per heavy atom. The van der Waals surface area contributed by atoms with Crippen molar-refractivity contribution in [1.29, 1.82) is 10.5 Å². The van der Waals surface area contributed by atoms with Gasteiger partial charge in [0.15, 0.2) is 12.4 Å². The number of halogens is 1. The van der Waals surface area contributed by atoms with Crippen molar-refractivity contribution in [3.05, 3.63) is 92.8 Å². The van der Waals surface area contributed by atoms with Crippen molar-refractivity contribution < 1.29 is 23.9 Å². The zero-order chi connectivity index (χ0) is 30.7. The second-order valence-electron chi connectivity index (χ2n) is 9.06. The highest BCUT2D eigenvalue weighted by Gasteiger charge is 2.41. The van der Waals surface area contributed by atoms with Crippen LogP contribution in [0.2, 0.25) is 0 Å². The van der Waals surface area contributed by atoms with Crippen molar-refractivity contribution in [3.63, 3.8) is 0 Å². The first-order valence-corrected chi connectivity index (χ1v) is 15.0. The van der Waals surface area contributed by atoms with Crippen LogP contribution in [0, 0.1) is 22.7 Å². The van der Waals surface area contributed by atoms with E-state index in [1.54, 1.807) is 41.8 Å². The number of hydrogen-bond acceptors (Lipinski definition) is 11. The Morgan fingerprint density at radius 1 is 1.05 bits per heavy atom. The average Bonchev–Trinajstić information content (AvgIpc) is 3.63. The molecular formula is C30H18BrN5O5S2. The molecule has 0 saturated carbocycles. The zero-order valence-electron chi connectivity index (χ0n) is 21.9. The van der Waals surface area contributed by atoms with Crippen molar-refractivity contribution in [2.75, 3.05) is 17.2 Å². The Morgan fingerprint density at radius 3 is 2.35 bits per heavy atom. The highest BCUT2D eigenvalue weighted by atomic mass is 79.9. The lowest BCUT2D eigenvalue weighted by atomic mass is 10.0. The minimum Gasteiger partial charge on any atom is -0.454 e. The van der Waals surface area contributed by atoms with Gasteiger partial charge in [0.1, 0.15) is 28.5 Å². The van der Waals surface area contributed by atoms with Gasteiger partial charge in [-0.05, 0) is 47.8 Å². The molecule has 1 unspecified atom stereocenters. The Bertz CT molecular complexity index is 1850. The number of imide groups is 1. The second-order valence-corrected chi connectivity index (χ2v) is 12.1. The number of carbonyl (C=O) groups excluding carboxylic acids is 4. The Balaban J connectivity index is 1.30. The summed E-state index contributed by atoms with van der Waals surface area (Å²) in [6, 6.07) is 19.9. The summed E-state index contributed by atoms with van der Waals surface area (Å²) in [6.45, 7) is -0.447. The molecule has 4 aromatic rings. The third-order valence-electron chi connectivity index (χ3n) is 6.40. The number of nitriles is 2. The Kier molecular flexibility index (Phi) is 8.68. The van der Waals surface area contributed by atoms with Crippen LogP contribution in [0.1, 0.15) is 38.3 Å². The van der Waals surface area contributed by atoms with Gasteiger partial charge in [-0.2, -0.15) is 10.5 Å². The molecule has 5 rings (SSSR count). The number of hydrogen-bond donors (Lipinski definition) is 1. The molecule has 3 heterocycles. The fraction of sp³-hybridized carbons (Fsp3) is 0.100. The van der Waals surface area contributed by atoms with Gasteiger partial charge < -0.3 is 10.5 Å². The molecule has 2 aromatic carbocycles. The topological polar surface area (TPSA) is 167 Å². The number of thioether (sulfide) groups is 1. The molecule has 0 bridgehead atoms.